The molecule has 90 valence electrons. The quantitative estimate of drug-likeness (QED) is 0.854. The molecule has 2 rings (SSSR count). The Morgan fingerprint density at radius 1 is 1.35 bits per heavy atom. The molecule has 17 heavy (non-hydrogen) atoms. The summed E-state index contributed by atoms with van der Waals surface area (Å²) in [6.45, 7) is 2.99. The lowest BCUT2D eigenvalue weighted by molar-refractivity contribution is 0.519. The van der Waals surface area contributed by atoms with Gasteiger partial charge in [0.15, 0.2) is 0 Å². The Kier molecular flexibility index (Phi) is 4.18. The van der Waals surface area contributed by atoms with Crippen LogP contribution < -0.4 is 5.32 Å². The van der Waals surface area contributed by atoms with E-state index in [2.05, 4.69) is 34.6 Å². The van der Waals surface area contributed by atoms with Crippen LogP contribution in [0.3, 0.4) is 0 Å². The van der Waals surface area contributed by atoms with Gasteiger partial charge < -0.3 is 5.32 Å². The molecule has 1 aromatic heterocycles. The first kappa shape index (κ1) is 12.1. The highest BCUT2D eigenvalue weighted by atomic mass is 35.5. The molecular formula is C13H16ClN3. The third-order valence-corrected chi connectivity index (χ3v) is 3.04. The van der Waals surface area contributed by atoms with Crippen molar-refractivity contribution in [2.75, 3.05) is 0 Å². The number of rotatable bonds is 5. The fourth-order valence-electron chi connectivity index (χ4n) is 1.81. The van der Waals surface area contributed by atoms with Crippen molar-refractivity contribution < 1.29 is 0 Å². The number of aromatic nitrogens is 2. The summed E-state index contributed by atoms with van der Waals surface area (Å²) in [5.41, 5.74) is 2.43. The van der Waals surface area contributed by atoms with Gasteiger partial charge in [-0.25, -0.2) is 0 Å². The molecule has 0 fully saturated rings. The summed E-state index contributed by atoms with van der Waals surface area (Å²) in [5.74, 6) is 0. The SMILES string of the molecule is CCC(NCc1cn[nH]c1)c1ccc(Cl)cc1. The van der Waals surface area contributed by atoms with Gasteiger partial charge in [0.05, 0.1) is 6.20 Å². The Balaban J connectivity index is 1.99. The van der Waals surface area contributed by atoms with Gasteiger partial charge in [-0.2, -0.15) is 5.10 Å². The summed E-state index contributed by atoms with van der Waals surface area (Å²) < 4.78 is 0. The molecule has 2 N–H and O–H groups in total. The van der Waals surface area contributed by atoms with E-state index in [1.807, 2.05) is 24.5 Å². The summed E-state index contributed by atoms with van der Waals surface area (Å²) in [5, 5.41) is 11.0. The Bertz CT molecular complexity index is 436. The van der Waals surface area contributed by atoms with Crippen LogP contribution in [0.2, 0.25) is 5.02 Å². The predicted molar refractivity (Wildman–Crippen MR) is 69.9 cm³/mol. The number of nitrogens with zero attached hydrogens (tertiary/aromatic N) is 1. The zero-order valence-corrected chi connectivity index (χ0v) is 10.5. The molecule has 1 atom stereocenters. The molecule has 0 radical (unpaired) electrons. The Morgan fingerprint density at radius 3 is 2.71 bits per heavy atom. The van der Waals surface area contributed by atoms with Crippen molar-refractivity contribution in [3.63, 3.8) is 0 Å². The van der Waals surface area contributed by atoms with E-state index in [4.69, 9.17) is 11.6 Å². The first-order valence-electron chi connectivity index (χ1n) is 5.76. The minimum Gasteiger partial charge on any atom is -0.306 e. The van der Waals surface area contributed by atoms with Crippen molar-refractivity contribution in [2.24, 2.45) is 0 Å². The van der Waals surface area contributed by atoms with Crippen molar-refractivity contribution >= 4 is 11.6 Å². The van der Waals surface area contributed by atoms with E-state index >= 15 is 0 Å². The first-order valence-corrected chi connectivity index (χ1v) is 6.14. The topological polar surface area (TPSA) is 40.7 Å². The molecule has 4 heteroatoms. The molecule has 0 aliphatic carbocycles. The number of H-pyrrole nitrogens is 1. The van der Waals surface area contributed by atoms with Crippen molar-refractivity contribution in [1.82, 2.24) is 15.5 Å². The molecule has 0 saturated heterocycles. The van der Waals surface area contributed by atoms with Gasteiger partial charge in [-0.1, -0.05) is 30.7 Å². The third-order valence-electron chi connectivity index (χ3n) is 2.79. The number of benzene rings is 1. The minimum atomic E-state index is 0.349. The Hall–Kier alpha value is -1.32. The highest BCUT2D eigenvalue weighted by Gasteiger charge is 2.08. The van der Waals surface area contributed by atoms with E-state index in [0.717, 1.165) is 23.6 Å². The maximum atomic E-state index is 5.89. The number of aromatic amines is 1. The third kappa shape index (κ3) is 3.32. The van der Waals surface area contributed by atoms with E-state index in [9.17, 15) is 0 Å². The van der Waals surface area contributed by atoms with Gasteiger partial charge in [0.1, 0.15) is 0 Å². The van der Waals surface area contributed by atoms with E-state index in [1.54, 1.807) is 0 Å². The molecule has 3 nitrogen and oxygen atoms in total. The number of hydrogen-bond donors (Lipinski definition) is 2. The monoisotopic (exact) mass is 249 g/mol. The second-order valence-electron chi connectivity index (χ2n) is 4.00. The first-order chi connectivity index (χ1) is 8.29. The zero-order valence-electron chi connectivity index (χ0n) is 9.78. The largest absolute Gasteiger partial charge is 0.306 e. The van der Waals surface area contributed by atoms with Crippen molar-refractivity contribution in [3.8, 4) is 0 Å². The number of nitrogens with one attached hydrogen (secondary N) is 2. The van der Waals surface area contributed by atoms with Gasteiger partial charge in [-0.15, -0.1) is 0 Å². The molecule has 0 bridgehead atoms. The van der Waals surface area contributed by atoms with Crippen LogP contribution in [0.5, 0.6) is 0 Å². The van der Waals surface area contributed by atoms with E-state index in [-0.39, 0.29) is 0 Å². The molecule has 0 aliphatic rings. The molecule has 1 unspecified atom stereocenters. The standard InChI is InChI=1S/C13H16ClN3/c1-2-13(11-3-5-12(14)6-4-11)15-7-10-8-16-17-9-10/h3-6,8-9,13,15H,2,7H2,1H3,(H,16,17). The maximum Gasteiger partial charge on any atom is 0.0532 e. The molecule has 1 heterocycles. The van der Waals surface area contributed by atoms with Gasteiger partial charge in [-0.3, -0.25) is 5.10 Å². The molecule has 0 aliphatic heterocycles. The Morgan fingerprint density at radius 2 is 2.12 bits per heavy atom. The minimum absolute atomic E-state index is 0.349. The van der Waals surface area contributed by atoms with Gasteiger partial charge in [0, 0.05) is 29.4 Å². The predicted octanol–water partition coefficient (Wildman–Crippen LogP) is 3.30. The molecule has 0 saturated carbocycles. The molecular weight excluding hydrogens is 234 g/mol. The maximum absolute atomic E-state index is 5.89. The highest BCUT2D eigenvalue weighted by molar-refractivity contribution is 6.30. The highest BCUT2D eigenvalue weighted by Crippen LogP contribution is 2.19. The molecule has 1 aromatic carbocycles. The van der Waals surface area contributed by atoms with Gasteiger partial charge >= 0.3 is 0 Å². The average molecular weight is 250 g/mol. The normalized spacial score (nSPS) is 12.6. The summed E-state index contributed by atoms with van der Waals surface area (Å²) in [6.07, 6.45) is 4.78. The van der Waals surface area contributed by atoms with Gasteiger partial charge in [0.25, 0.3) is 0 Å². The van der Waals surface area contributed by atoms with Crippen LogP contribution in [0.25, 0.3) is 0 Å². The molecule has 2 aromatic rings. The van der Waals surface area contributed by atoms with Crippen LogP contribution in [0.15, 0.2) is 36.7 Å². The second kappa shape index (κ2) is 5.84. The fourth-order valence-corrected chi connectivity index (χ4v) is 1.93. The smallest absolute Gasteiger partial charge is 0.0532 e. The molecule has 0 spiro atoms. The van der Waals surface area contributed by atoms with E-state index in [0.29, 0.717) is 6.04 Å². The lowest BCUT2D eigenvalue weighted by atomic mass is 10.0. The fraction of sp³-hybridized carbons (Fsp3) is 0.308. The lowest BCUT2D eigenvalue weighted by Gasteiger charge is -2.17. The van der Waals surface area contributed by atoms with Crippen LogP contribution in [0.1, 0.15) is 30.5 Å². The lowest BCUT2D eigenvalue weighted by Crippen LogP contribution is -2.19. The summed E-state index contributed by atoms with van der Waals surface area (Å²) >= 11 is 5.89. The number of hydrogen-bond acceptors (Lipinski definition) is 2. The zero-order chi connectivity index (χ0) is 12.1. The van der Waals surface area contributed by atoms with Gasteiger partial charge in [0.2, 0.25) is 0 Å². The van der Waals surface area contributed by atoms with E-state index < -0.39 is 0 Å². The van der Waals surface area contributed by atoms with Crippen molar-refractivity contribution in [1.29, 1.82) is 0 Å². The van der Waals surface area contributed by atoms with Crippen LogP contribution in [-0.2, 0) is 6.54 Å². The van der Waals surface area contributed by atoms with Crippen LogP contribution in [-0.4, -0.2) is 10.2 Å². The van der Waals surface area contributed by atoms with Crippen LogP contribution in [0, 0.1) is 0 Å². The van der Waals surface area contributed by atoms with Crippen molar-refractivity contribution in [3.05, 3.63) is 52.8 Å². The van der Waals surface area contributed by atoms with E-state index in [1.165, 1.54) is 5.56 Å². The Labute approximate surface area is 106 Å². The second-order valence-corrected chi connectivity index (χ2v) is 4.44. The summed E-state index contributed by atoms with van der Waals surface area (Å²) in [6, 6.07) is 8.35. The number of halogens is 1. The summed E-state index contributed by atoms with van der Waals surface area (Å²) in [4.78, 5) is 0. The van der Waals surface area contributed by atoms with Crippen LogP contribution in [0.4, 0.5) is 0 Å². The molecule has 0 amide bonds. The van der Waals surface area contributed by atoms with Crippen molar-refractivity contribution in [2.45, 2.75) is 25.9 Å². The van der Waals surface area contributed by atoms with Crippen LogP contribution >= 0.6 is 11.6 Å². The summed E-state index contributed by atoms with van der Waals surface area (Å²) in [7, 11) is 0. The van der Waals surface area contributed by atoms with Gasteiger partial charge in [-0.05, 0) is 24.1 Å². The average Bonchev–Trinajstić information content (AvgIpc) is 2.85.